The monoisotopic (exact) mass is 427 g/mol. The van der Waals surface area contributed by atoms with Gasteiger partial charge in [0.2, 0.25) is 0 Å². The van der Waals surface area contributed by atoms with E-state index in [0.717, 1.165) is 0 Å². The van der Waals surface area contributed by atoms with E-state index >= 15 is 0 Å². The van der Waals surface area contributed by atoms with E-state index in [2.05, 4.69) is 4.84 Å². The molecule has 0 heterocycles. The second kappa shape index (κ2) is 12.7. The third-order valence-corrected chi connectivity index (χ3v) is 3.31. The van der Waals surface area contributed by atoms with Crippen LogP contribution in [0, 0.1) is 10.1 Å². The van der Waals surface area contributed by atoms with Crippen LogP contribution in [-0.2, 0) is 33.4 Å². The van der Waals surface area contributed by atoms with E-state index in [4.69, 9.17) is 18.9 Å². The normalized spacial score (nSPS) is 11.0. The van der Waals surface area contributed by atoms with Crippen molar-refractivity contribution < 1.29 is 48.0 Å². The highest BCUT2D eigenvalue weighted by atomic mass is 16.9. The van der Waals surface area contributed by atoms with E-state index in [9.17, 15) is 29.3 Å². The lowest BCUT2D eigenvalue weighted by Gasteiger charge is -2.14. The summed E-state index contributed by atoms with van der Waals surface area (Å²) in [6, 6.07) is 5.81. The van der Waals surface area contributed by atoms with Crippen molar-refractivity contribution in [2.75, 3.05) is 19.8 Å². The Morgan fingerprint density at radius 3 is 2.40 bits per heavy atom. The van der Waals surface area contributed by atoms with Crippen LogP contribution < -0.4 is 4.74 Å². The Morgan fingerprint density at radius 2 is 1.73 bits per heavy atom. The van der Waals surface area contributed by atoms with Crippen LogP contribution in [0.4, 0.5) is 0 Å². The minimum Gasteiger partial charge on any atom is -0.463 e. The average molecular weight is 427 g/mol. The molecule has 30 heavy (non-hydrogen) atoms. The van der Waals surface area contributed by atoms with Gasteiger partial charge in [-0.25, -0.2) is 14.4 Å². The third-order valence-electron chi connectivity index (χ3n) is 3.31. The number of para-hydroxylation sites is 1. The second-order valence-electron chi connectivity index (χ2n) is 5.73. The van der Waals surface area contributed by atoms with Crippen molar-refractivity contribution in [1.82, 2.24) is 0 Å². The van der Waals surface area contributed by atoms with Crippen molar-refractivity contribution in [3.05, 3.63) is 39.9 Å². The van der Waals surface area contributed by atoms with Gasteiger partial charge in [-0.3, -0.25) is 4.79 Å². The van der Waals surface area contributed by atoms with Crippen LogP contribution in [0.2, 0.25) is 0 Å². The molecule has 0 N–H and O–H groups in total. The van der Waals surface area contributed by atoms with Crippen molar-refractivity contribution in [2.24, 2.45) is 0 Å². The summed E-state index contributed by atoms with van der Waals surface area (Å²) in [4.78, 5) is 60.7. The Labute approximate surface area is 171 Å². The lowest BCUT2D eigenvalue weighted by Crippen LogP contribution is -2.29. The van der Waals surface area contributed by atoms with Crippen molar-refractivity contribution in [1.29, 1.82) is 0 Å². The van der Waals surface area contributed by atoms with Gasteiger partial charge in [-0.2, -0.15) is 0 Å². The maximum atomic E-state index is 12.2. The minimum atomic E-state index is -1.34. The molecule has 0 aliphatic rings. The molecule has 0 aromatic heterocycles. The van der Waals surface area contributed by atoms with E-state index in [0.29, 0.717) is 12.8 Å². The van der Waals surface area contributed by atoms with E-state index in [-0.39, 0.29) is 24.5 Å². The van der Waals surface area contributed by atoms with Crippen LogP contribution >= 0.6 is 0 Å². The zero-order valence-corrected chi connectivity index (χ0v) is 16.4. The summed E-state index contributed by atoms with van der Waals surface area (Å²) in [7, 11) is 0. The van der Waals surface area contributed by atoms with Crippen LogP contribution in [0.5, 0.6) is 5.75 Å². The molecule has 0 radical (unpaired) electrons. The van der Waals surface area contributed by atoms with Gasteiger partial charge in [0.15, 0.2) is 12.7 Å². The summed E-state index contributed by atoms with van der Waals surface area (Å²) >= 11 is 0. The number of ether oxygens (including phenoxy) is 4. The van der Waals surface area contributed by atoms with E-state index in [1.165, 1.54) is 32.0 Å². The highest BCUT2D eigenvalue weighted by Gasteiger charge is 2.23. The molecule has 0 aliphatic heterocycles. The van der Waals surface area contributed by atoms with E-state index < -0.39 is 41.7 Å². The molecule has 0 saturated carbocycles. The Kier molecular flexibility index (Phi) is 10.3. The molecule has 1 aromatic carbocycles. The predicted octanol–water partition coefficient (Wildman–Crippen LogP) is 1.23. The van der Waals surface area contributed by atoms with Gasteiger partial charge in [0, 0.05) is 6.92 Å². The van der Waals surface area contributed by atoms with Crippen molar-refractivity contribution >= 4 is 23.9 Å². The second-order valence-corrected chi connectivity index (χ2v) is 5.73. The van der Waals surface area contributed by atoms with Gasteiger partial charge in [0.1, 0.15) is 11.3 Å². The van der Waals surface area contributed by atoms with Gasteiger partial charge in [-0.15, -0.1) is 10.1 Å². The number of esters is 4. The lowest BCUT2D eigenvalue weighted by atomic mass is 10.2. The number of hydrogen-bond acceptors (Lipinski definition) is 11. The summed E-state index contributed by atoms with van der Waals surface area (Å²) < 4.78 is 19.4. The number of rotatable bonds is 12. The van der Waals surface area contributed by atoms with Gasteiger partial charge in [0.25, 0.3) is 5.09 Å². The largest absolute Gasteiger partial charge is 0.463 e. The number of carbonyl (C=O) groups excluding carboxylic acids is 4. The number of benzene rings is 1. The molecule has 0 fully saturated rings. The summed E-state index contributed by atoms with van der Waals surface area (Å²) in [5, 5.41) is 9.03. The topological polar surface area (TPSA) is 158 Å². The Balaban J connectivity index is 2.37. The Hall–Kier alpha value is -3.70. The number of unbranched alkanes of at least 4 members (excludes halogenated alkanes) is 1. The third kappa shape index (κ3) is 9.48. The number of carbonyl (C=O) groups is 4. The Morgan fingerprint density at radius 1 is 1.07 bits per heavy atom. The predicted molar refractivity (Wildman–Crippen MR) is 96.7 cm³/mol. The van der Waals surface area contributed by atoms with E-state index in [1.54, 1.807) is 6.07 Å². The number of nitrogens with zero attached hydrogens (tertiary/aromatic N) is 1. The van der Waals surface area contributed by atoms with Gasteiger partial charge in [-0.05, 0) is 31.9 Å². The molecule has 12 nitrogen and oxygen atoms in total. The van der Waals surface area contributed by atoms with Crippen LogP contribution in [-0.4, -0.2) is 54.9 Å². The first-order chi connectivity index (χ1) is 14.2. The van der Waals surface area contributed by atoms with Crippen molar-refractivity contribution in [2.45, 2.75) is 32.8 Å². The molecular weight excluding hydrogens is 406 g/mol. The first-order valence-corrected chi connectivity index (χ1v) is 8.78. The van der Waals surface area contributed by atoms with Crippen LogP contribution in [0.3, 0.4) is 0 Å². The first-order valence-electron chi connectivity index (χ1n) is 8.78. The molecule has 1 atom stereocenters. The maximum absolute atomic E-state index is 12.2. The molecule has 1 rings (SSSR count). The standard InChI is InChI=1S/C18H21NO11/c1-12(29-18(23)14-7-3-4-8-15(14)30-13(2)20)17(22)27-11-16(21)26-9-5-6-10-28-19(24)25/h3-4,7-8,12H,5-6,9-11H2,1-2H3. The molecule has 0 aliphatic carbocycles. The van der Waals surface area contributed by atoms with Gasteiger partial charge >= 0.3 is 23.9 Å². The fourth-order valence-corrected chi connectivity index (χ4v) is 1.97. The Bertz CT molecular complexity index is 777. The summed E-state index contributed by atoms with van der Waals surface area (Å²) in [5.41, 5.74) is -0.0622. The molecule has 1 aromatic rings. The van der Waals surface area contributed by atoms with Crippen LogP contribution in [0.25, 0.3) is 0 Å². The molecule has 12 heteroatoms. The average Bonchev–Trinajstić information content (AvgIpc) is 2.68. The van der Waals surface area contributed by atoms with Crippen molar-refractivity contribution in [3.8, 4) is 5.75 Å². The molecule has 164 valence electrons. The van der Waals surface area contributed by atoms with Crippen LogP contribution in [0.15, 0.2) is 24.3 Å². The van der Waals surface area contributed by atoms with Gasteiger partial charge in [-0.1, -0.05) is 12.1 Å². The molecule has 0 saturated heterocycles. The fraction of sp³-hybridized carbons (Fsp3) is 0.444. The van der Waals surface area contributed by atoms with E-state index in [1.807, 2.05) is 0 Å². The SMILES string of the molecule is CC(=O)Oc1ccccc1C(=O)OC(C)C(=O)OCC(=O)OCCCCO[N+](=O)[O-]. The summed E-state index contributed by atoms with van der Waals surface area (Å²) in [6.45, 7) is 1.56. The van der Waals surface area contributed by atoms with Gasteiger partial charge < -0.3 is 23.8 Å². The highest BCUT2D eigenvalue weighted by Crippen LogP contribution is 2.20. The summed E-state index contributed by atoms with van der Waals surface area (Å²) in [6.07, 6.45) is -0.714. The molecular formula is C18H21NO11. The molecule has 0 amide bonds. The molecule has 0 spiro atoms. The lowest BCUT2D eigenvalue weighted by molar-refractivity contribution is -0.757. The fourth-order valence-electron chi connectivity index (χ4n) is 1.97. The minimum absolute atomic E-state index is 0.0252. The zero-order chi connectivity index (χ0) is 22.5. The quantitative estimate of drug-likeness (QED) is 0.118. The van der Waals surface area contributed by atoms with Crippen LogP contribution in [0.1, 0.15) is 37.0 Å². The zero-order valence-electron chi connectivity index (χ0n) is 16.4. The molecule has 1 unspecified atom stereocenters. The maximum Gasteiger partial charge on any atom is 0.347 e. The first kappa shape index (κ1) is 24.3. The highest BCUT2D eigenvalue weighted by molar-refractivity contribution is 5.95. The molecule has 0 bridgehead atoms. The van der Waals surface area contributed by atoms with Crippen molar-refractivity contribution in [3.63, 3.8) is 0 Å². The smallest absolute Gasteiger partial charge is 0.347 e. The summed E-state index contributed by atoms with van der Waals surface area (Å²) in [5.74, 6) is -3.40. The number of hydrogen-bond donors (Lipinski definition) is 0. The van der Waals surface area contributed by atoms with Gasteiger partial charge in [0.05, 0.1) is 13.2 Å².